The largest absolute Gasteiger partial charge is 0.338 e. The van der Waals surface area contributed by atoms with Gasteiger partial charge in [-0.05, 0) is 43.6 Å². The van der Waals surface area contributed by atoms with Crippen molar-refractivity contribution < 1.29 is 9.59 Å². The molecule has 0 aliphatic carbocycles. The molecule has 172 valence electrons. The highest BCUT2D eigenvalue weighted by Gasteiger charge is 2.40. The molecule has 11 heteroatoms. The van der Waals surface area contributed by atoms with Crippen molar-refractivity contribution in [2.24, 2.45) is 20.7 Å². The van der Waals surface area contributed by atoms with Gasteiger partial charge in [0.15, 0.2) is 6.04 Å². The smallest absolute Gasteiger partial charge is 0.275 e. The summed E-state index contributed by atoms with van der Waals surface area (Å²) in [5.74, 6) is -0.313. The first-order chi connectivity index (χ1) is 15.7. The summed E-state index contributed by atoms with van der Waals surface area (Å²) in [6, 6.07) is 4.59. The Hall–Kier alpha value is -3.34. The number of amides is 2. The van der Waals surface area contributed by atoms with Gasteiger partial charge in [0.2, 0.25) is 0 Å². The number of benzene rings is 1. The zero-order valence-corrected chi connectivity index (χ0v) is 20.3. The molecule has 1 aromatic carbocycles. The normalized spacial score (nSPS) is 16.9. The van der Waals surface area contributed by atoms with Crippen LogP contribution >= 0.6 is 11.5 Å². The summed E-state index contributed by atoms with van der Waals surface area (Å²) in [7, 11) is 1.62. The molecule has 0 fully saturated rings. The Bertz CT molecular complexity index is 1300. The van der Waals surface area contributed by atoms with Gasteiger partial charge in [-0.25, -0.2) is 5.01 Å². The number of hydrogen-bond acceptors (Lipinski definition) is 9. The number of hydrazone groups is 1. The van der Waals surface area contributed by atoms with E-state index in [9.17, 15) is 9.59 Å². The van der Waals surface area contributed by atoms with Gasteiger partial charge in [0, 0.05) is 30.9 Å². The molecule has 0 radical (unpaired) electrons. The van der Waals surface area contributed by atoms with Crippen LogP contribution in [0.3, 0.4) is 0 Å². The summed E-state index contributed by atoms with van der Waals surface area (Å²) in [6.45, 7) is 11.1. The molecule has 33 heavy (non-hydrogen) atoms. The van der Waals surface area contributed by atoms with Crippen molar-refractivity contribution in [1.29, 1.82) is 0 Å². The molecule has 1 aliphatic heterocycles. The average Bonchev–Trinajstić information content (AvgIpc) is 3.34. The van der Waals surface area contributed by atoms with Gasteiger partial charge in [0.25, 0.3) is 11.8 Å². The topological polar surface area (TPSA) is 116 Å². The van der Waals surface area contributed by atoms with E-state index in [-0.39, 0.29) is 17.2 Å². The van der Waals surface area contributed by atoms with Crippen LogP contribution in [-0.4, -0.2) is 68.2 Å². The molecule has 10 nitrogen and oxygen atoms in total. The number of carbonyl (C=O) groups is 2. The quantitative estimate of drug-likeness (QED) is 0.526. The predicted octanol–water partition coefficient (Wildman–Crippen LogP) is 4.05. The molecular weight excluding hydrogens is 440 g/mol. The highest BCUT2D eigenvalue weighted by molar-refractivity contribution is 7.09. The second kappa shape index (κ2) is 8.54. The molecule has 2 aromatic heterocycles. The van der Waals surface area contributed by atoms with Gasteiger partial charge in [-0.3, -0.25) is 9.59 Å². The van der Waals surface area contributed by atoms with Crippen LogP contribution in [-0.2, 0) is 4.79 Å². The Kier molecular flexibility index (Phi) is 5.91. The van der Waals surface area contributed by atoms with Crippen molar-refractivity contribution in [1.82, 2.24) is 24.5 Å². The van der Waals surface area contributed by atoms with E-state index in [1.807, 2.05) is 34.6 Å². The Morgan fingerprint density at radius 1 is 1.18 bits per heavy atom. The van der Waals surface area contributed by atoms with Gasteiger partial charge in [-0.1, -0.05) is 20.8 Å². The lowest BCUT2D eigenvalue weighted by Gasteiger charge is -2.19. The van der Waals surface area contributed by atoms with Crippen molar-refractivity contribution >= 4 is 56.7 Å². The predicted molar refractivity (Wildman–Crippen MR) is 128 cm³/mol. The number of hydrogen-bond donors (Lipinski definition) is 0. The fraction of sp³-hybridized carbons (Fsp3) is 0.455. The van der Waals surface area contributed by atoms with Gasteiger partial charge in [-0.2, -0.15) is 19.7 Å². The van der Waals surface area contributed by atoms with Crippen molar-refractivity contribution in [3.8, 4) is 0 Å². The van der Waals surface area contributed by atoms with Crippen molar-refractivity contribution in [3.63, 3.8) is 0 Å². The maximum atomic E-state index is 12.9. The molecule has 0 saturated carbocycles. The molecule has 2 amide bonds. The molecule has 0 spiro atoms. The van der Waals surface area contributed by atoms with Crippen LogP contribution in [0.1, 0.15) is 44.3 Å². The number of rotatable bonds is 5. The first kappa shape index (κ1) is 22.8. The minimum Gasteiger partial charge on any atom is -0.338 e. The molecule has 1 atom stereocenters. The monoisotopic (exact) mass is 466 g/mol. The summed E-state index contributed by atoms with van der Waals surface area (Å²) in [4.78, 5) is 27.6. The Balaban J connectivity index is 1.72. The van der Waals surface area contributed by atoms with Crippen LogP contribution < -0.4 is 0 Å². The molecule has 1 aliphatic rings. The van der Waals surface area contributed by atoms with Gasteiger partial charge >= 0.3 is 0 Å². The Labute approximate surface area is 195 Å². The Morgan fingerprint density at radius 3 is 2.58 bits per heavy atom. The highest BCUT2D eigenvalue weighted by atomic mass is 32.1. The lowest BCUT2D eigenvalue weighted by atomic mass is 9.86. The maximum Gasteiger partial charge on any atom is 0.275 e. The number of azo groups is 1. The van der Waals surface area contributed by atoms with E-state index >= 15 is 0 Å². The number of nitrogens with zero attached hydrogens (tertiary/aromatic N) is 8. The summed E-state index contributed by atoms with van der Waals surface area (Å²) in [6.07, 6.45) is 0. The maximum absolute atomic E-state index is 12.9. The average molecular weight is 467 g/mol. The third kappa shape index (κ3) is 4.08. The third-order valence-corrected chi connectivity index (χ3v) is 6.36. The van der Waals surface area contributed by atoms with Crippen LogP contribution in [0.4, 0.5) is 5.69 Å². The minimum atomic E-state index is -0.751. The molecule has 0 bridgehead atoms. The standard InChI is InChI=1S/C22H26N8O2S/c1-7-30(8-2)21(32)18-16-15(28-33-18)13-11-12(9-10-14(13)24-25-16)23-26-17-19(22(3,4)5)27-29(6)20(17)31/h9-11,17H,7-8H2,1-6H3/b26-23+. The van der Waals surface area contributed by atoms with E-state index in [1.54, 1.807) is 30.1 Å². The molecule has 3 heterocycles. The summed E-state index contributed by atoms with van der Waals surface area (Å²) in [5, 5.41) is 23.6. The second-order valence-corrected chi connectivity index (χ2v) is 9.58. The van der Waals surface area contributed by atoms with Crippen LogP contribution in [0.2, 0.25) is 0 Å². The number of likely N-dealkylation sites (N-methyl/N-ethyl adjacent to an activating group) is 1. The van der Waals surface area contributed by atoms with Crippen molar-refractivity contribution in [3.05, 3.63) is 23.1 Å². The van der Waals surface area contributed by atoms with Crippen molar-refractivity contribution in [2.45, 2.75) is 40.7 Å². The van der Waals surface area contributed by atoms with Crippen molar-refractivity contribution in [2.75, 3.05) is 20.1 Å². The van der Waals surface area contributed by atoms with Gasteiger partial charge in [0.1, 0.15) is 15.9 Å². The van der Waals surface area contributed by atoms with E-state index in [1.165, 1.54) is 5.01 Å². The van der Waals surface area contributed by atoms with E-state index in [0.29, 0.717) is 45.9 Å². The zero-order chi connectivity index (χ0) is 23.9. The molecule has 3 aromatic rings. The van der Waals surface area contributed by atoms with Crippen LogP contribution in [0, 0.1) is 5.41 Å². The van der Waals surface area contributed by atoms with E-state index < -0.39 is 6.04 Å². The lowest BCUT2D eigenvalue weighted by Crippen LogP contribution is -2.34. The molecular formula is C22H26N8O2S. The highest BCUT2D eigenvalue weighted by Crippen LogP contribution is 2.31. The zero-order valence-electron chi connectivity index (χ0n) is 19.5. The van der Waals surface area contributed by atoms with E-state index in [4.69, 9.17) is 0 Å². The fourth-order valence-electron chi connectivity index (χ4n) is 3.66. The second-order valence-electron chi connectivity index (χ2n) is 8.80. The molecule has 0 N–H and O–H groups in total. The fourth-order valence-corrected chi connectivity index (χ4v) is 4.46. The molecule has 0 saturated heterocycles. The lowest BCUT2D eigenvalue weighted by molar-refractivity contribution is -0.128. The number of fused-ring (bicyclic) bond motifs is 3. The van der Waals surface area contributed by atoms with Crippen LogP contribution in [0.25, 0.3) is 21.9 Å². The molecule has 4 rings (SSSR count). The SMILES string of the molecule is CCN(CC)C(=O)c1snc2c1nnc1ccc(/N=N/C3C(=O)N(C)N=C3C(C)(C)C)cc12. The van der Waals surface area contributed by atoms with E-state index in [0.717, 1.165) is 16.9 Å². The van der Waals surface area contributed by atoms with E-state index in [2.05, 4.69) is 29.9 Å². The van der Waals surface area contributed by atoms with Crippen LogP contribution in [0.15, 0.2) is 33.5 Å². The Morgan fingerprint density at radius 2 is 1.91 bits per heavy atom. The minimum absolute atomic E-state index is 0.102. The first-order valence-electron chi connectivity index (χ1n) is 10.8. The third-order valence-electron chi connectivity index (χ3n) is 5.53. The number of aromatic nitrogens is 3. The first-order valence-corrected chi connectivity index (χ1v) is 11.6. The van der Waals surface area contributed by atoms with Gasteiger partial charge < -0.3 is 4.90 Å². The summed E-state index contributed by atoms with van der Waals surface area (Å²) < 4.78 is 4.50. The molecule has 1 unspecified atom stereocenters. The van der Waals surface area contributed by atoms with Crippen LogP contribution in [0.5, 0.6) is 0 Å². The van der Waals surface area contributed by atoms with Gasteiger partial charge in [0.05, 0.1) is 16.9 Å². The summed E-state index contributed by atoms with van der Waals surface area (Å²) in [5.41, 5.74) is 2.63. The van der Waals surface area contributed by atoms with Gasteiger partial charge in [-0.15, -0.1) is 10.2 Å². The summed E-state index contributed by atoms with van der Waals surface area (Å²) >= 11 is 1.12. The number of carbonyl (C=O) groups excluding carboxylic acids is 2.